The second-order valence-electron chi connectivity index (χ2n) is 8.16. The van der Waals surface area contributed by atoms with Crippen LogP contribution in [0.5, 0.6) is 0 Å². The number of benzene rings is 1. The average molecular weight is 514 g/mol. The fraction of sp³-hybridized carbons (Fsp3) is 0.455. The number of piperidine rings is 1. The Morgan fingerprint density at radius 1 is 1.17 bits per heavy atom. The minimum Gasteiger partial charge on any atom is -0.475 e. The predicted octanol–water partition coefficient (Wildman–Crippen LogP) is 1.94. The number of aliphatic carboxylic acids is 1. The lowest BCUT2D eigenvalue weighted by Gasteiger charge is -2.40. The summed E-state index contributed by atoms with van der Waals surface area (Å²) in [6, 6.07) is 7.62. The van der Waals surface area contributed by atoms with Crippen LogP contribution >= 0.6 is 11.3 Å². The molecule has 0 spiro atoms. The number of alkyl halides is 3. The summed E-state index contributed by atoms with van der Waals surface area (Å²) >= 11 is 1.62. The first-order valence-corrected chi connectivity index (χ1v) is 11.8. The number of piperazine rings is 1. The number of hydrogen-bond acceptors (Lipinski definition) is 7. The van der Waals surface area contributed by atoms with Gasteiger partial charge in [0.25, 0.3) is 0 Å². The Bertz CT molecular complexity index is 1040. The fourth-order valence-electron chi connectivity index (χ4n) is 3.91. The predicted molar refractivity (Wildman–Crippen MR) is 123 cm³/mol. The van der Waals surface area contributed by atoms with Gasteiger partial charge >= 0.3 is 12.1 Å². The van der Waals surface area contributed by atoms with Crippen LogP contribution in [0.3, 0.4) is 0 Å². The molecule has 1 aromatic carbocycles. The molecule has 0 radical (unpaired) electrons. The lowest BCUT2D eigenvalue weighted by atomic mass is 10.0. The summed E-state index contributed by atoms with van der Waals surface area (Å²) in [7, 11) is 0. The first-order valence-electron chi connectivity index (χ1n) is 10.9. The van der Waals surface area contributed by atoms with Crippen molar-refractivity contribution in [2.75, 3.05) is 32.7 Å². The molecule has 1 aromatic heterocycles. The number of rotatable bonds is 5. The highest BCUT2D eigenvalue weighted by molar-refractivity contribution is 7.13. The van der Waals surface area contributed by atoms with Gasteiger partial charge in [-0.15, -0.1) is 11.3 Å². The van der Waals surface area contributed by atoms with Crippen LogP contribution in [0.4, 0.5) is 13.2 Å². The minimum absolute atomic E-state index is 0.233. The maximum Gasteiger partial charge on any atom is 0.490 e. The number of amides is 2. The molecule has 2 aliphatic rings. The van der Waals surface area contributed by atoms with E-state index in [-0.39, 0.29) is 5.91 Å². The van der Waals surface area contributed by atoms with Crippen molar-refractivity contribution >= 4 is 29.1 Å². The lowest BCUT2D eigenvalue weighted by molar-refractivity contribution is -0.192. The zero-order valence-electron chi connectivity index (χ0n) is 18.8. The van der Waals surface area contributed by atoms with E-state index in [0.717, 1.165) is 61.8 Å². The van der Waals surface area contributed by atoms with Crippen molar-refractivity contribution in [3.63, 3.8) is 0 Å². The molecular weight excluding hydrogens is 487 g/mol. The summed E-state index contributed by atoms with van der Waals surface area (Å²) in [6.45, 7) is 5.01. The first-order chi connectivity index (χ1) is 16.5. The van der Waals surface area contributed by atoms with Crippen LogP contribution in [-0.4, -0.2) is 82.6 Å². The van der Waals surface area contributed by atoms with Crippen LogP contribution in [0.15, 0.2) is 29.6 Å². The summed E-state index contributed by atoms with van der Waals surface area (Å²) in [5, 5.41) is 13.3. The minimum atomic E-state index is -5.08. The second kappa shape index (κ2) is 11.6. The van der Waals surface area contributed by atoms with Crippen LogP contribution in [0.1, 0.15) is 28.9 Å². The Labute approximate surface area is 203 Å². The largest absolute Gasteiger partial charge is 0.490 e. The molecule has 9 nitrogen and oxygen atoms in total. The number of thiazole rings is 1. The Morgan fingerprint density at radius 3 is 2.34 bits per heavy atom. The number of nitrogens with zero attached hydrogens (tertiary/aromatic N) is 3. The highest BCUT2D eigenvalue weighted by Crippen LogP contribution is 2.26. The van der Waals surface area contributed by atoms with Gasteiger partial charge in [-0.1, -0.05) is 12.1 Å². The first kappa shape index (κ1) is 26.6. The highest BCUT2D eigenvalue weighted by Gasteiger charge is 2.38. The van der Waals surface area contributed by atoms with Crippen molar-refractivity contribution in [3.8, 4) is 10.6 Å². The molecule has 2 amide bonds. The van der Waals surface area contributed by atoms with Crippen LogP contribution in [0, 0.1) is 0 Å². The Morgan fingerprint density at radius 2 is 1.80 bits per heavy atom. The molecule has 0 unspecified atom stereocenters. The van der Waals surface area contributed by atoms with Crippen molar-refractivity contribution in [2.24, 2.45) is 5.73 Å². The third-order valence-corrected chi connectivity index (χ3v) is 6.66. The fourth-order valence-corrected chi connectivity index (χ4v) is 4.73. The number of nitrogens with one attached hydrogen (secondary N) is 1. The van der Waals surface area contributed by atoms with Gasteiger partial charge < -0.3 is 21.1 Å². The van der Waals surface area contributed by atoms with Crippen molar-refractivity contribution < 1.29 is 32.7 Å². The van der Waals surface area contributed by atoms with Crippen LogP contribution < -0.4 is 11.1 Å². The second-order valence-corrected chi connectivity index (χ2v) is 9.02. The molecule has 0 aliphatic carbocycles. The molecular formula is C22H26F3N5O4S. The number of carboxylic acid groups (broad SMARTS) is 1. The number of likely N-dealkylation sites (tertiary alicyclic amines) is 1. The van der Waals surface area contributed by atoms with Crippen molar-refractivity contribution in [1.82, 2.24) is 20.1 Å². The van der Waals surface area contributed by atoms with Gasteiger partial charge in [-0.3, -0.25) is 14.5 Å². The number of halogens is 3. The molecule has 4 N–H and O–H groups in total. The Kier molecular flexibility index (Phi) is 8.81. The van der Waals surface area contributed by atoms with E-state index in [1.165, 1.54) is 0 Å². The maximum atomic E-state index is 12.1. The zero-order valence-corrected chi connectivity index (χ0v) is 19.6. The quantitative estimate of drug-likeness (QED) is 0.557. The number of carbonyl (C=O) groups is 3. The van der Waals surface area contributed by atoms with E-state index in [1.54, 1.807) is 23.5 Å². The topological polar surface area (TPSA) is 129 Å². The number of hydrogen-bond donors (Lipinski definition) is 3. The van der Waals surface area contributed by atoms with Crippen molar-refractivity contribution in [1.29, 1.82) is 0 Å². The third-order valence-electron chi connectivity index (χ3n) is 5.72. The number of carboxylic acids is 1. The van der Waals surface area contributed by atoms with E-state index < -0.39 is 18.1 Å². The molecule has 4 rings (SSSR count). The molecule has 2 fully saturated rings. The van der Waals surface area contributed by atoms with Crippen molar-refractivity contribution in [2.45, 2.75) is 31.6 Å². The number of aromatic nitrogens is 1. The molecule has 2 aromatic rings. The van der Waals surface area contributed by atoms with Crippen LogP contribution in [-0.2, 0) is 16.1 Å². The molecule has 13 heteroatoms. The highest BCUT2D eigenvalue weighted by atomic mass is 32.1. The summed E-state index contributed by atoms with van der Waals surface area (Å²) in [5.74, 6) is -2.94. The molecule has 0 atom stereocenters. The molecule has 2 saturated heterocycles. The monoisotopic (exact) mass is 513 g/mol. The van der Waals surface area contributed by atoms with Gasteiger partial charge in [-0.25, -0.2) is 9.78 Å². The van der Waals surface area contributed by atoms with Gasteiger partial charge in [-0.05, 0) is 25.0 Å². The molecule has 3 heterocycles. The Balaban J connectivity index is 0.000000429. The molecule has 35 heavy (non-hydrogen) atoms. The van der Waals surface area contributed by atoms with E-state index in [9.17, 15) is 22.8 Å². The smallest absolute Gasteiger partial charge is 0.475 e. The van der Waals surface area contributed by atoms with Crippen molar-refractivity contribution in [3.05, 3.63) is 40.9 Å². The van der Waals surface area contributed by atoms with Crippen LogP contribution in [0.25, 0.3) is 10.6 Å². The van der Waals surface area contributed by atoms with Crippen LogP contribution in [0.2, 0.25) is 0 Å². The molecule has 190 valence electrons. The zero-order chi connectivity index (χ0) is 25.6. The summed E-state index contributed by atoms with van der Waals surface area (Å²) in [6.07, 6.45) is -3.03. The molecule has 0 bridgehead atoms. The number of carbonyl (C=O) groups excluding carboxylic acids is 2. The molecule has 2 aliphatic heterocycles. The SMILES string of the molecule is NC(=O)c1ccc(-c2nc(CN3CCC(N4CCNCC4=O)CC3)cs2)cc1.O=C(O)C(F)(F)F. The van der Waals surface area contributed by atoms with Gasteiger partial charge in [0, 0.05) is 55.3 Å². The van der Waals surface area contributed by atoms with Gasteiger partial charge in [0.1, 0.15) is 5.01 Å². The normalized spacial score (nSPS) is 17.6. The maximum absolute atomic E-state index is 12.1. The van der Waals surface area contributed by atoms with Gasteiger partial charge in [0.05, 0.1) is 12.2 Å². The lowest BCUT2D eigenvalue weighted by Crippen LogP contribution is -2.55. The average Bonchev–Trinajstić information content (AvgIpc) is 3.28. The Hall–Kier alpha value is -3.03. The summed E-state index contributed by atoms with van der Waals surface area (Å²) in [4.78, 5) is 41.4. The van der Waals surface area contributed by atoms with E-state index >= 15 is 0 Å². The van der Waals surface area contributed by atoms with Gasteiger partial charge in [0.2, 0.25) is 11.8 Å². The van der Waals surface area contributed by atoms with E-state index in [2.05, 4.69) is 20.5 Å². The van der Waals surface area contributed by atoms with E-state index in [1.807, 2.05) is 12.1 Å². The third kappa shape index (κ3) is 7.47. The summed E-state index contributed by atoms with van der Waals surface area (Å²) in [5.41, 5.74) is 7.86. The van der Waals surface area contributed by atoms with E-state index in [0.29, 0.717) is 18.2 Å². The van der Waals surface area contributed by atoms with Gasteiger partial charge in [0.15, 0.2) is 0 Å². The van der Waals surface area contributed by atoms with Gasteiger partial charge in [-0.2, -0.15) is 13.2 Å². The number of nitrogens with two attached hydrogens (primary N) is 1. The summed E-state index contributed by atoms with van der Waals surface area (Å²) < 4.78 is 31.7. The number of primary amides is 1. The van der Waals surface area contributed by atoms with E-state index in [4.69, 9.17) is 20.6 Å². The molecule has 0 saturated carbocycles. The standard InChI is InChI=1S/C20H25N5O2S.C2HF3O2/c21-19(27)14-1-3-15(4-2-14)20-23-16(13-28-20)12-24-8-5-17(6-9-24)25-10-7-22-11-18(25)26;3-2(4,5)1(6)7/h1-4,13,17,22H,5-12H2,(H2,21,27);(H,6,7).